The van der Waals surface area contributed by atoms with Gasteiger partial charge in [-0.15, -0.1) is 0 Å². The van der Waals surface area contributed by atoms with Crippen molar-refractivity contribution >= 4 is 56.1 Å². The van der Waals surface area contributed by atoms with Crippen molar-refractivity contribution in [1.82, 2.24) is 58.9 Å². The first-order valence-corrected chi connectivity index (χ1v) is 27.6. The molecular formula is C62H67F5N14O4. The van der Waals surface area contributed by atoms with E-state index in [-0.39, 0.29) is 70.1 Å². The van der Waals surface area contributed by atoms with E-state index in [9.17, 15) is 27.1 Å². The molecule has 2 unspecified atom stereocenters. The molecule has 10 aromatic rings. The monoisotopic (exact) mass is 1170 g/mol. The average Bonchev–Trinajstić information content (AvgIpc) is 4.40. The Bertz CT molecular complexity index is 3870. The number of ether oxygens (including phenoxy) is 3. The predicted molar refractivity (Wildman–Crippen MR) is 315 cm³/mol. The van der Waals surface area contributed by atoms with Crippen molar-refractivity contribution in [3.05, 3.63) is 152 Å². The summed E-state index contributed by atoms with van der Waals surface area (Å²) in [5.41, 5.74) is 6.19. The molecule has 85 heavy (non-hydrogen) atoms. The van der Waals surface area contributed by atoms with Gasteiger partial charge in [0.05, 0.1) is 41.0 Å². The van der Waals surface area contributed by atoms with E-state index >= 15 is 0 Å². The second kappa shape index (κ2) is 26.1. The van der Waals surface area contributed by atoms with Crippen LogP contribution in [0, 0.1) is 19.7 Å². The summed E-state index contributed by atoms with van der Waals surface area (Å²) in [4.78, 5) is 29.6. The molecule has 4 bridgehead atoms. The van der Waals surface area contributed by atoms with Crippen molar-refractivity contribution in [2.24, 2.45) is 0 Å². The number of aliphatic hydroxyl groups is 1. The van der Waals surface area contributed by atoms with Gasteiger partial charge in [-0.05, 0) is 149 Å². The third-order valence-electron chi connectivity index (χ3n) is 15.8. The van der Waals surface area contributed by atoms with E-state index in [1.165, 1.54) is 31.4 Å². The second-order valence-corrected chi connectivity index (χ2v) is 21.3. The molecule has 4 fully saturated rings. The smallest absolute Gasteiger partial charge is 0.251 e. The number of piperidine rings is 2. The van der Waals surface area contributed by atoms with Gasteiger partial charge in [0.15, 0.2) is 11.3 Å². The molecule has 6 aromatic heterocycles. The Hall–Kier alpha value is -8.67. The third-order valence-corrected chi connectivity index (χ3v) is 15.8. The fourth-order valence-corrected chi connectivity index (χ4v) is 12.0. The van der Waals surface area contributed by atoms with Crippen LogP contribution in [0.1, 0.15) is 77.3 Å². The number of pyridine rings is 2. The summed E-state index contributed by atoms with van der Waals surface area (Å²) >= 11 is 0. The zero-order chi connectivity index (χ0) is 57.1. The number of anilines is 4. The van der Waals surface area contributed by atoms with E-state index in [2.05, 4.69) is 50.7 Å². The lowest BCUT2D eigenvalue weighted by molar-refractivity contribution is -0.000463. The molecule has 0 radical (unpaired) electrons. The molecule has 23 heteroatoms. The molecule has 10 heterocycles. The molecule has 4 aromatic carbocycles. The van der Waals surface area contributed by atoms with Gasteiger partial charge in [0, 0.05) is 60.1 Å². The molecule has 4 saturated heterocycles. The van der Waals surface area contributed by atoms with Crippen LogP contribution in [0.15, 0.2) is 135 Å². The van der Waals surface area contributed by atoms with Gasteiger partial charge in [-0.25, -0.2) is 60.9 Å². The number of aromatic nitrogens is 10. The van der Waals surface area contributed by atoms with Gasteiger partial charge in [0.2, 0.25) is 0 Å². The minimum Gasteiger partial charge on any atom is -0.489 e. The number of nitrogens with zero attached hydrogens (tertiary/aromatic N) is 12. The highest BCUT2D eigenvalue weighted by Crippen LogP contribution is 2.41. The Morgan fingerprint density at radius 3 is 1.51 bits per heavy atom. The zero-order valence-electron chi connectivity index (χ0n) is 45.3. The normalized spacial score (nSPS) is 19.9. The Morgan fingerprint density at radius 2 is 1.01 bits per heavy atom. The molecule has 0 saturated carbocycles. The van der Waals surface area contributed by atoms with Gasteiger partial charge < -0.3 is 30.0 Å². The standard InChI is InChI=1S/C30H29F2N7O2.C21H15FN6O.C9H15F2NO.2CH4/c1-18-11-19(5-8-25(18)40-22-9-10-39-28(14-22)34-17-36-39)37-30-29-24(33-16-35-30)3-2-4-26(29)41-23-12-20-6-7-21(13-23)38(20)15-27(31)32;1-13-9-14(27-21-20-16(22)3-2-4-17(20)23-11-25-21)5-6-18(13)29-15-7-8-28-19(10-15)24-12-26-28;10-9(11)5-12-6-1-2-7(12)4-8(13)3-6;;/h2-5,8-11,14,16-17,20-21,23,27H,6-7,12-13,15H2,1H3,(H,33,35,37);2-12H,1H3,(H,23,25,27);6-9,13H,1-5H2;2*1H4/t20-,21+,23?;;6-,7+,8?;;. The zero-order valence-corrected chi connectivity index (χ0v) is 45.3. The molecule has 6 atom stereocenters. The van der Waals surface area contributed by atoms with Crippen LogP contribution in [0.5, 0.6) is 28.7 Å². The number of rotatable bonds is 14. The van der Waals surface area contributed by atoms with Crippen molar-refractivity contribution in [3.8, 4) is 28.7 Å². The first-order valence-electron chi connectivity index (χ1n) is 27.6. The van der Waals surface area contributed by atoms with E-state index in [4.69, 9.17) is 14.2 Å². The van der Waals surface area contributed by atoms with Crippen molar-refractivity contribution in [2.45, 2.75) is 129 Å². The summed E-state index contributed by atoms with van der Waals surface area (Å²) < 4.78 is 86.9. The maximum Gasteiger partial charge on any atom is 0.251 e. The highest BCUT2D eigenvalue weighted by molar-refractivity contribution is 5.96. The van der Waals surface area contributed by atoms with Gasteiger partial charge in [-0.1, -0.05) is 27.0 Å². The molecule has 3 N–H and O–H groups in total. The third kappa shape index (κ3) is 13.5. The lowest BCUT2D eigenvalue weighted by Gasteiger charge is -2.38. The van der Waals surface area contributed by atoms with E-state index < -0.39 is 12.9 Å². The summed E-state index contributed by atoms with van der Waals surface area (Å²) in [7, 11) is 0. The molecule has 0 spiro atoms. The minimum absolute atomic E-state index is 0. The van der Waals surface area contributed by atoms with Crippen molar-refractivity contribution in [3.63, 3.8) is 0 Å². The topological polar surface area (TPSA) is 190 Å². The number of aryl methyl sites for hydroxylation is 2. The van der Waals surface area contributed by atoms with Crippen LogP contribution in [0.25, 0.3) is 33.1 Å². The number of hydrogen-bond donors (Lipinski definition) is 3. The maximum atomic E-state index is 14.3. The first-order chi connectivity index (χ1) is 40.3. The fourth-order valence-electron chi connectivity index (χ4n) is 12.0. The molecule has 18 nitrogen and oxygen atoms in total. The van der Waals surface area contributed by atoms with Crippen LogP contribution < -0.4 is 24.8 Å². The summed E-state index contributed by atoms with van der Waals surface area (Å²) in [6.07, 6.45) is 11.4. The average molecular weight is 1170 g/mol. The number of hydrogen-bond acceptors (Lipinski definition) is 16. The number of halogens is 5. The Kier molecular flexibility index (Phi) is 18.3. The quantitative estimate of drug-likeness (QED) is 0.0871. The molecule has 444 valence electrons. The van der Waals surface area contributed by atoms with E-state index in [1.54, 1.807) is 33.6 Å². The van der Waals surface area contributed by atoms with Crippen molar-refractivity contribution in [1.29, 1.82) is 0 Å². The maximum absolute atomic E-state index is 14.3. The Labute approximate surface area is 488 Å². The molecule has 4 aliphatic heterocycles. The summed E-state index contributed by atoms with van der Waals surface area (Å²) in [5.74, 6) is 4.14. The number of nitrogens with one attached hydrogen (secondary N) is 2. The molecule has 4 aliphatic rings. The van der Waals surface area contributed by atoms with Crippen LogP contribution in [0.2, 0.25) is 0 Å². The van der Waals surface area contributed by atoms with Gasteiger partial charge in [0.25, 0.3) is 12.9 Å². The first kappa shape index (κ1) is 59.5. The summed E-state index contributed by atoms with van der Waals surface area (Å²) in [5, 5.41) is 25.4. The van der Waals surface area contributed by atoms with Crippen LogP contribution >= 0.6 is 0 Å². The van der Waals surface area contributed by atoms with Gasteiger partial charge >= 0.3 is 0 Å². The summed E-state index contributed by atoms with van der Waals surface area (Å²) in [6, 6.07) is 30.0. The highest BCUT2D eigenvalue weighted by atomic mass is 19.3. The SMILES string of the molecule is C.C.Cc1cc(Nc2ncnc3cccc(F)c23)ccc1Oc1ccn2ncnc2c1.Cc1cc(Nc2ncnc3cccc(OC4C[C@H]5CC[C@@H](C4)N5CC(F)F)c23)ccc1Oc1ccn2ncnc2c1.OC1C[C@H]2CC[C@@H](C1)N2CC(F)F. The van der Waals surface area contributed by atoms with E-state index in [1.807, 2.05) is 103 Å². The number of alkyl halides is 4. The molecule has 0 aliphatic carbocycles. The lowest BCUT2D eigenvalue weighted by atomic mass is 9.99. The number of fused-ring (bicyclic) bond motifs is 8. The van der Waals surface area contributed by atoms with Crippen LogP contribution in [0.3, 0.4) is 0 Å². The van der Waals surface area contributed by atoms with E-state index in [0.717, 1.165) is 77.7 Å². The molecular weight excluding hydrogens is 1100 g/mol. The minimum atomic E-state index is -2.31. The number of benzene rings is 4. The Balaban J connectivity index is 0.000000158. The Morgan fingerprint density at radius 1 is 0.541 bits per heavy atom. The van der Waals surface area contributed by atoms with Crippen molar-refractivity contribution in [2.75, 3.05) is 23.7 Å². The van der Waals surface area contributed by atoms with Crippen LogP contribution in [-0.2, 0) is 0 Å². The molecule has 14 rings (SSSR count). The lowest BCUT2D eigenvalue weighted by Crippen LogP contribution is -2.48. The van der Waals surface area contributed by atoms with Gasteiger partial charge in [0.1, 0.15) is 77.6 Å². The second-order valence-electron chi connectivity index (χ2n) is 21.3. The van der Waals surface area contributed by atoms with Gasteiger partial charge in [-0.3, -0.25) is 9.80 Å². The molecule has 0 amide bonds. The predicted octanol–water partition coefficient (Wildman–Crippen LogP) is 13.3. The van der Waals surface area contributed by atoms with Crippen LogP contribution in [0.4, 0.5) is 45.0 Å². The fraction of sp³-hybridized carbons (Fsp3) is 0.355. The largest absolute Gasteiger partial charge is 0.489 e. The summed E-state index contributed by atoms with van der Waals surface area (Å²) in [6.45, 7) is 3.66. The highest BCUT2D eigenvalue weighted by Gasteiger charge is 2.43. The van der Waals surface area contributed by atoms with Crippen molar-refractivity contribution < 1.29 is 41.3 Å². The number of aliphatic hydroxyl groups excluding tert-OH is 1. The van der Waals surface area contributed by atoms with Crippen LogP contribution in [-0.4, -0.2) is 126 Å². The van der Waals surface area contributed by atoms with E-state index in [0.29, 0.717) is 69.7 Å². The van der Waals surface area contributed by atoms with Gasteiger partial charge in [-0.2, -0.15) is 10.2 Å².